The molecule has 0 amide bonds. The van der Waals surface area contributed by atoms with Gasteiger partial charge in [0.15, 0.2) is 0 Å². The van der Waals surface area contributed by atoms with Gasteiger partial charge in [-0.1, -0.05) is 15.9 Å². The van der Waals surface area contributed by atoms with Crippen LogP contribution in [0.25, 0.3) is 0 Å². The van der Waals surface area contributed by atoms with Crippen LogP contribution in [0.4, 0.5) is 18.9 Å². The summed E-state index contributed by atoms with van der Waals surface area (Å²) in [5.41, 5.74) is 2.57. The average Bonchev–Trinajstić information content (AvgIpc) is 2.45. The van der Waals surface area contributed by atoms with Crippen LogP contribution in [0.3, 0.4) is 0 Å². The molecule has 0 fully saturated rings. The Hall–Kier alpha value is -1.48. The lowest BCUT2D eigenvalue weighted by atomic mass is 10.2. The first-order valence-corrected chi connectivity index (χ1v) is 7.08. The summed E-state index contributed by atoms with van der Waals surface area (Å²) in [4.78, 5) is 7.63. The zero-order valence-electron chi connectivity index (χ0n) is 10.2. The van der Waals surface area contributed by atoms with Crippen molar-refractivity contribution in [1.82, 2.24) is 9.97 Å². The maximum atomic E-state index is 12.8. The lowest BCUT2D eigenvalue weighted by molar-refractivity contribution is -0.138. The van der Waals surface area contributed by atoms with Gasteiger partial charge in [0.25, 0.3) is 0 Å². The number of nitrogens with one attached hydrogen (secondary N) is 1. The number of halogens is 5. The van der Waals surface area contributed by atoms with Crippen LogP contribution >= 0.6 is 31.9 Å². The van der Waals surface area contributed by atoms with E-state index in [1.165, 1.54) is 30.9 Å². The highest BCUT2D eigenvalue weighted by Gasteiger charge is 2.33. The minimum Gasteiger partial charge on any atom is -0.277 e. The van der Waals surface area contributed by atoms with Gasteiger partial charge in [-0.25, -0.2) is 9.97 Å². The minimum absolute atomic E-state index is 0.0277. The Labute approximate surface area is 134 Å². The summed E-state index contributed by atoms with van der Waals surface area (Å²) in [7, 11) is 0. The Balaban J connectivity index is 2.21. The quantitative estimate of drug-likeness (QED) is 0.587. The summed E-state index contributed by atoms with van der Waals surface area (Å²) in [5, 5.41) is 3.94. The molecule has 110 valence electrons. The van der Waals surface area contributed by atoms with E-state index in [0.717, 1.165) is 6.07 Å². The van der Waals surface area contributed by atoms with E-state index in [0.29, 0.717) is 10.2 Å². The third-order valence-electron chi connectivity index (χ3n) is 2.35. The molecule has 21 heavy (non-hydrogen) atoms. The molecule has 0 radical (unpaired) electrons. The van der Waals surface area contributed by atoms with E-state index in [1.807, 2.05) is 0 Å². The van der Waals surface area contributed by atoms with Gasteiger partial charge in [0.2, 0.25) is 0 Å². The van der Waals surface area contributed by atoms with Crippen molar-refractivity contribution >= 4 is 42.2 Å². The van der Waals surface area contributed by atoms with Crippen molar-refractivity contribution in [2.24, 2.45) is 5.10 Å². The molecule has 0 aliphatic heterocycles. The molecule has 1 aromatic heterocycles. The second-order valence-corrected chi connectivity index (χ2v) is 5.44. The zero-order valence-corrected chi connectivity index (χ0v) is 13.4. The first kappa shape index (κ1) is 15.9. The predicted octanol–water partition coefficient (Wildman–Crippen LogP) is 4.43. The van der Waals surface area contributed by atoms with Crippen LogP contribution in [-0.4, -0.2) is 14.6 Å². The number of rotatable bonds is 3. The van der Waals surface area contributed by atoms with Crippen LogP contribution in [0, 0.1) is 0 Å². The smallest absolute Gasteiger partial charge is 0.277 e. The van der Waals surface area contributed by atoms with E-state index in [1.54, 1.807) is 0 Å². The van der Waals surface area contributed by atoms with Crippen molar-refractivity contribution in [3.8, 4) is 0 Å². The van der Waals surface area contributed by atoms with Crippen molar-refractivity contribution in [3.05, 3.63) is 52.5 Å². The fourth-order valence-corrected chi connectivity index (χ4v) is 2.16. The van der Waals surface area contributed by atoms with Crippen molar-refractivity contribution < 1.29 is 13.2 Å². The molecule has 0 aliphatic carbocycles. The molecule has 9 heteroatoms. The van der Waals surface area contributed by atoms with Crippen molar-refractivity contribution in [3.63, 3.8) is 0 Å². The number of nitrogens with zero attached hydrogens (tertiary/aromatic N) is 3. The van der Waals surface area contributed by atoms with Crippen LogP contribution in [0.5, 0.6) is 0 Å². The molecule has 4 nitrogen and oxygen atoms in total. The molecular weight excluding hydrogens is 417 g/mol. The monoisotopic (exact) mass is 422 g/mol. The molecule has 1 heterocycles. The molecule has 1 N–H and O–H groups in total. The topological polar surface area (TPSA) is 50.2 Å². The molecule has 0 aliphatic rings. The van der Waals surface area contributed by atoms with E-state index in [2.05, 4.69) is 52.4 Å². The summed E-state index contributed by atoms with van der Waals surface area (Å²) < 4.78 is 38.7. The second-order valence-electron chi connectivity index (χ2n) is 3.83. The number of anilines is 1. The maximum Gasteiger partial charge on any atom is 0.417 e. The summed E-state index contributed by atoms with van der Waals surface area (Å²) in [5.74, 6) is 0. The minimum atomic E-state index is -4.44. The molecular formula is C12H7Br2F3N4. The van der Waals surface area contributed by atoms with E-state index in [-0.39, 0.29) is 10.2 Å². The van der Waals surface area contributed by atoms with E-state index < -0.39 is 11.7 Å². The predicted molar refractivity (Wildman–Crippen MR) is 80.3 cm³/mol. The first-order chi connectivity index (χ1) is 9.88. The Morgan fingerprint density at radius 3 is 2.48 bits per heavy atom. The molecule has 0 atom stereocenters. The van der Waals surface area contributed by atoms with E-state index in [4.69, 9.17) is 0 Å². The van der Waals surface area contributed by atoms with Crippen LogP contribution in [0.15, 0.2) is 46.5 Å². The fraction of sp³-hybridized carbons (Fsp3) is 0.0833. The van der Waals surface area contributed by atoms with Gasteiger partial charge in [-0.3, -0.25) is 5.43 Å². The third kappa shape index (κ3) is 4.24. The molecule has 0 saturated carbocycles. The molecule has 1 aromatic carbocycles. The molecule has 0 unspecified atom stereocenters. The van der Waals surface area contributed by atoms with Crippen LogP contribution in [0.2, 0.25) is 0 Å². The van der Waals surface area contributed by atoms with Gasteiger partial charge in [0.05, 0.1) is 11.3 Å². The summed E-state index contributed by atoms with van der Waals surface area (Å²) in [6.07, 6.45) is -0.0394. The van der Waals surface area contributed by atoms with Crippen LogP contribution in [0.1, 0.15) is 11.1 Å². The normalized spacial score (nSPS) is 12.3. The van der Waals surface area contributed by atoms with Gasteiger partial charge in [-0.2, -0.15) is 18.3 Å². The highest BCUT2D eigenvalue weighted by atomic mass is 79.9. The number of hydrazone groups is 1. The second kappa shape index (κ2) is 6.52. The largest absolute Gasteiger partial charge is 0.417 e. The SMILES string of the molecule is FC(F)(F)c1cc(NN=C(Br)c2cncnc2)ccc1Br. The van der Waals surface area contributed by atoms with E-state index in [9.17, 15) is 13.2 Å². The molecule has 2 rings (SSSR count). The van der Waals surface area contributed by atoms with Gasteiger partial charge < -0.3 is 0 Å². The standard InChI is InChI=1S/C12H7Br2F3N4/c13-10-2-1-8(3-9(10)12(15,16)17)20-21-11(14)7-4-18-6-19-5-7/h1-6,20H. The summed E-state index contributed by atoms with van der Waals surface area (Å²) in [6, 6.07) is 3.75. The van der Waals surface area contributed by atoms with Crippen molar-refractivity contribution in [2.45, 2.75) is 6.18 Å². The lowest BCUT2D eigenvalue weighted by Gasteiger charge is -2.11. The highest BCUT2D eigenvalue weighted by molar-refractivity contribution is 9.18. The van der Waals surface area contributed by atoms with Crippen LogP contribution < -0.4 is 5.43 Å². The molecule has 2 aromatic rings. The van der Waals surface area contributed by atoms with Gasteiger partial charge in [0.1, 0.15) is 10.9 Å². The van der Waals surface area contributed by atoms with Gasteiger partial charge in [-0.15, -0.1) is 0 Å². The maximum absolute atomic E-state index is 12.8. The molecule has 0 bridgehead atoms. The molecule has 0 spiro atoms. The fourth-order valence-electron chi connectivity index (χ4n) is 1.40. The number of alkyl halides is 3. The van der Waals surface area contributed by atoms with Gasteiger partial charge in [0, 0.05) is 22.4 Å². The Morgan fingerprint density at radius 2 is 1.86 bits per heavy atom. The highest BCUT2D eigenvalue weighted by Crippen LogP contribution is 2.36. The van der Waals surface area contributed by atoms with Gasteiger partial charge in [-0.05, 0) is 34.1 Å². The number of hydrogen-bond acceptors (Lipinski definition) is 4. The van der Waals surface area contributed by atoms with Crippen molar-refractivity contribution in [2.75, 3.05) is 5.43 Å². The number of aromatic nitrogens is 2. The van der Waals surface area contributed by atoms with Gasteiger partial charge >= 0.3 is 6.18 Å². The first-order valence-electron chi connectivity index (χ1n) is 5.49. The molecule has 0 saturated heterocycles. The lowest BCUT2D eigenvalue weighted by Crippen LogP contribution is -2.07. The Bertz CT molecular complexity index is 659. The van der Waals surface area contributed by atoms with Crippen LogP contribution in [-0.2, 0) is 6.18 Å². The van der Waals surface area contributed by atoms with Crippen molar-refractivity contribution in [1.29, 1.82) is 0 Å². The zero-order chi connectivity index (χ0) is 15.5. The Kier molecular flexibility index (Phi) is 4.94. The number of benzene rings is 1. The summed E-state index contributed by atoms with van der Waals surface area (Å²) >= 11 is 6.07. The van der Waals surface area contributed by atoms with E-state index >= 15 is 0 Å². The third-order valence-corrected chi connectivity index (χ3v) is 3.68. The summed E-state index contributed by atoms with van der Waals surface area (Å²) in [6.45, 7) is 0. The Morgan fingerprint density at radius 1 is 1.19 bits per heavy atom. The number of hydrogen-bond donors (Lipinski definition) is 1. The average molecular weight is 424 g/mol.